The van der Waals surface area contributed by atoms with Crippen LogP contribution in [0.4, 0.5) is 0 Å². The van der Waals surface area contributed by atoms with Crippen LogP contribution >= 0.6 is 22.6 Å². The molecule has 2 nitrogen and oxygen atoms in total. The summed E-state index contributed by atoms with van der Waals surface area (Å²) in [5, 5.41) is 0. The van der Waals surface area contributed by atoms with Crippen LogP contribution in [0.2, 0.25) is 0 Å². The molecule has 0 aromatic carbocycles. The summed E-state index contributed by atoms with van der Waals surface area (Å²) in [5.41, 5.74) is 0. The first-order valence-corrected chi connectivity index (χ1v) is 5.26. The van der Waals surface area contributed by atoms with Gasteiger partial charge in [-0.05, 0) is 6.92 Å². The van der Waals surface area contributed by atoms with Crippen LogP contribution in [0.25, 0.3) is 0 Å². The smallest absolute Gasteiger partial charge is 0.194 e. The van der Waals surface area contributed by atoms with Gasteiger partial charge in [0.2, 0.25) is 0 Å². The zero-order chi connectivity index (χ0) is 7.56. The molecule has 0 aliphatic carbocycles. The molecule has 0 aromatic heterocycles. The molecular weight excluding hydrogens is 366 g/mol. The fraction of sp³-hybridized carbons (Fsp3) is 1.00. The number of quaternary nitrogens is 1. The van der Waals surface area contributed by atoms with E-state index in [0.717, 1.165) is 4.17 Å². The van der Waals surface area contributed by atoms with Crippen molar-refractivity contribution in [3.8, 4) is 0 Å². The predicted molar refractivity (Wildman–Crippen MR) is 51.4 cm³/mol. The molecule has 0 spiro atoms. The van der Waals surface area contributed by atoms with E-state index in [2.05, 4.69) is 41.3 Å². The van der Waals surface area contributed by atoms with Crippen LogP contribution in [0.3, 0.4) is 0 Å². The predicted octanol–water partition coefficient (Wildman–Crippen LogP) is -3.05. The van der Waals surface area contributed by atoms with E-state index < -0.39 is 0 Å². The summed E-state index contributed by atoms with van der Waals surface area (Å²) in [4.78, 5) is 4.25. The highest BCUT2D eigenvalue weighted by molar-refractivity contribution is 14.1. The van der Waals surface area contributed by atoms with Crippen molar-refractivity contribution in [1.29, 1.82) is 0 Å². The van der Waals surface area contributed by atoms with Gasteiger partial charge in [-0.15, -0.1) is 0 Å². The third kappa shape index (κ3) is 2.96. The minimum absolute atomic E-state index is 0. The summed E-state index contributed by atoms with van der Waals surface area (Å²) in [6.07, 6.45) is 0. The molecule has 4 heteroatoms. The maximum Gasteiger partial charge on any atom is 0.194 e. The molecular formula is C7H16I2N2. The molecule has 0 saturated carbocycles. The van der Waals surface area contributed by atoms with Crippen LogP contribution in [-0.4, -0.2) is 35.3 Å². The van der Waals surface area contributed by atoms with Gasteiger partial charge in [0.1, 0.15) is 0 Å². The van der Waals surface area contributed by atoms with Crippen LogP contribution in [0.15, 0.2) is 0 Å². The molecule has 1 fully saturated rings. The summed E-state index contributed by atoms with van der Waals surface area (Å²) in [7, 11) is 0. The van der Waals surface area contributed by atoms with Crippen LogP contribution < -0.4 is 28.9 Å². The fourth-order valence-electron chi connectivity index (χ4n) is 1.44. The second kappa shape index (κ2) is 5.93. The monoisotopic (exact) mass is 382 g/mol. The van der Waals surface area contributed by atoms with E-state index in [0.29, 0.717) is 0 Å². The Morgan fingerprint density at radius 3 is 2.45 bits per heavy atom. The molecule has 1 saturated heterocycles. The van der Waals surface area contributed by atoms with Crippen molar-refractivity contribution in [2.75, 3.05) is 26.2 Å². The molecule has 11 heavy (non-hydrogen) atoms. The van der Waals surface area contributed by atoms with E-state index in [-0.39, 0.29) is 24.0 Å². The highest BCUT2D eigenvalue weighted by Crippen LogP contribution is 2.03. The highest BCUT2D eigenvalue weighted by Gasteiger charge is 2.30. The standard InChI is InChI=1S/C7H15IN2.HI/c1-3-9-5-6-10(4-2)7(9)8;/h7H,3-6H2,1-2H3;1H. The molecule has 0 amide bonds. The van der Waals surface area contributed by atoms with Crippen molar-refractivity contribution >= 4 is 22.6 Å². The van der Waals surface area contributed by atoms with Gasteiger partial charge in [0.15, 0.2) is 4.17 Å². The molecule has 0 radical (unpaired) electrons. The van der Waals surface area contributed by atoms with Gasteiger partial charge in [-0.2, -0.15) is 0 Å². The lowest BCUT2D eigenvalue weighted by Crippen LogP contribution is -3.13. The molecule has 2 atom stereocenters. The van der Waals surface area contributed by atoms with Gasteiger partial charge < -0.3 is 28.9 Å². The van der Waals surface area contributed by atoms with E-state index >= 15 is 0 Å². The Bertz CT molecular complexity index is 98.6. The van der Waals surface area contributed by atoms with Crippen molar-refractivity contribution in [2.24, 2.45) is 0 Å². The number of nitrogens with zero attached hydrogens (tertiary/aromatic N) is 1. The second-order valence-electron chi connectivity index (χ2n) is 2.73. The minimum atomic E-state index is 0. The topological polar surface area (TPSA) is 7.68 Å². The van der Waals surface area contributed by atoms with Crippen molar-refractivity contribution in [2.45, 2.75) is 18.0 Å². The minimum Gasteiger partial charge on any atom is -1.00 e. The molecule has 68 valence electrons. The molecule has 0 bridgehead atoms. The average molecular weight is 382 g/mol. The SMILES string of the molecule is CCN1CC[NH+](CC)C1I.[I-]. The summed E-state index contributed by atoms with van der Waals surface area (Å²) in [5.74, 6) is 0. The summed E-state index contributed by atoms with van der Waals surface area (Å²) in [6, 6.07) is 0. The van der Waals surface area contributed by atoms with E-state index in [4.69, 9.17) is 0 Å². The second-order valence-corrected chi connectivity index (χ2v) is 3.91. The number of rotatable bonds is 2. The lowest BCUT2D eigenvalue weighted by molar-refractivity contribution is -0.896. The Morgan fingerprint density at radius 1 is 1.55 bits per heavy atom. The van der Waals surface area contributed by atoms with Crippen molar-refractivity contribution < 1.29 is 28.9 Å². The number of hydrogen-bond acceptors (Lipinski definition) is 1. The number of likely N-dealkylation sites (N-methyl/N-ethyl adjacent to an activating group) is 2. The van der Waals surface area contributed by atoms with Crippen molar-refractivity contribution in [3.63, 3.8) is 0 Å². The van der Waals surface area contributed by atoms with Gasteiger partial charge in [-0.3, -0.25) is 0 Å². The highest BCUT2D eigenvalue weighted by atomic mass is 127. The van der Waals surface area contributed by atoms with E-state index in [9.17, 15) is 0 Å². The molecule has 1 aliphatic heterocycles. The quantitative estimate of drug-likeness (QED) is 0.303. The summed E-state index contributed by atoms with van der Waals surface area (Å²) >= 11 is 2.54. The number of hydrogen-bond donors (Lipinski definition) is 1. The van der Waals surface area contributed by atoms with E-state index in [1.54, 1.807) is 4.90 Å². The summed E-state index contributed by atoms with van der Waals surface area (Å²) in [6.45, 7) is 9.59. The van der Waals surface area contributed by atoms with Crippen molar-refractivity contribution in [3.05, 3.63) is 0 Å². The Balaban J connectivity index is 0.000001000. The largest absolute Gasteiger partial charge is 1.00 e. The number of alkyl halides is 1. The first-order valence-electron chi connectivity index (χ1n) is 4.02. The van der Waals surface area contributed by atoms with Gasteiger partial charge >= 0.3 is 0 Å². The zero-order valence-electron chi connectivity index (χ0n) is 7.11. The maximum atomic E-state index is 2.54. The lowest BCUT2D eigenvalue weighted by atomic mass is 10.6. The average Bonchev–Trinajstić information content (AvgIpc) is 2.30. The lowest BCUT2D eigenvalue weighted by Gasteiger charge is -2.19. The number of halogens is 2. The Morgan fingerprint density at radius 2 is 2.18 bits per heavy atom. The van der Waals surface area contributed by atoms with Crippen molar-refractivity contribution in [1.82, 2.24) is 4.90 Å². The molecule has 1 aliphatic rings. The fourth-order valence-corrected chi connectivity index (χ4v) is 2.87. The van der Waals surface area contributed by atoms with Crippen LogP contribution in [0, 0.1) is 0 Å². The molecule has 2 unspecified atom stereocenters. The van der Waals surface area contributed by atoms with Gasteiger partial charge in [0.25, 0.3) is 0 Å². The number of nitrogens with one attached hydrogen (secondary N) is 1. The van der Waals surface area contributed by atoms with Crippen LogP contribution in [0.5, 0.6) is 0 Å². The first-order chi connectivity index (χ1) is 4.79. The van der Waals surface area contributed by atoms with Crippen LogP contribution in [0.1, 0.15) is 13.8 Å². The molecule has 1 rings (SSSR count). The molecule has 0 aromatic rings. The zero-order valence-corrected chi connectivity index (χ0v) is 11.4. The van der Waals surface area contributed by atoms with Gasteiger partial charge in [-0.1, -0.05) is 6.92 Å². The third-order valence-electron chi connectivity index (χ3n) is 2.24. The van der Waals surface area contributed by atoms with E-state index in [1.165, 1.54) is 26.2 Å². The summed E-state index contributed by atoms with van der Waals surface area (Å²) < 4.78 is 0.729. The Labute approximate surface area is 99.8 Å². The van der Waals surface area contributed by atoms with Crippen LogP contribution in [-0.2, 0) is 0 Å². The van der Waals surface area contributed by atoms with Gasteiger partial charge in [0.05, 0.1) is 19.6 Å². The maximum absolute atomic E-state index is 2.54. The molecule has 1 N–H and O–H groups in total. The normalized spacial score (nSPS) is 31.9. The van der Waals surface area contributed by atoms with Gasteiger partial charge in [0, 0.05) is 29.1 Å². The molecule has 1 heterocycles. The first kappa shape index (κ1) is 12.4. The third-order valence-corrected chi connectivity index (χ3v) is 3.91. The Hall–Kier alpha value is 1.38. The Kier molecular flexibility index (Phi) is 6.67. The van der Waals surface area contributed by atoms with Gasteiger partial charge in [-0.25, -0.2) is 4.90 Å². The van der Waals surface area contributed by atoms with E-state index in [1.807, 2.05) is 0 Å².